The monoisotopic (exact) mass is 335 g/mol. The third-order valence-corrected chi connectivity index (χ3v) is 2.52. The van der Waals surface area contributed by atoms with Gasteiger partial charge < -0.3 is 21.1 Å². The summed E-state index contributed by atoms with van der Waals surface area (Å²) < 4.78 is 5.57. The number of carbonyl (C=O) groups is 2. The van der Waals surface area contributed by atoms with Gasteiger partial charge in [-0.1, -0.05) is 17.7 Å². The Morgan fingerprint density at radius 3 is 2.57 bits per heavy atom. The average Bonchev–Trinajstić information content (AvgIpc) is 2.39. The lowest BCUT2D eigenvalue weighted by Gasteiger charge is -2.16. The molecule has 0 spiro atoms. The molecular formula is C13H19Cl2N3O3. The van der Waals surface area contributed by atoms with Crippen LogP contribution in [0.1, 0.15) is 13.8 Å². The van der Waals surface area contributed by atoms with Gasteiger partial charge in [-0.3, -0.25) is 9.59 Å². The number of nitrogens with two attached hydrogens (primary N) is 1. The highest BCUT2D eigenvalue weighted by molar-refractivity contribution is 6.32. The van der Waals surface area contributed by atoms with Crippen LogP contribution in [0.4, 0.5) is 5.69 Å². The molecule has 6 nitrogen and oxygen atoms in total. The molecule has 0 unspecified atom stereocenters. The molecule has 2 amide bonds. The van der Waals surface area contributed by atoms with E-state index in [1.54, 1.807) is 18.2 Å². The van der Waals surface area contributed by atoms with Crippen molar-refractivity contribution in [2.75, 3.05) is 18.4 Å². The summed E-state index contributed by atoms with van der Waals surface area (Å²) in [5.74, 6) is -0.379. The Hall–Kier alpha value is -1.50. The predicted octanol–water partition coefficient (Wildman–Crippen LogP) is 1.56. The number of carbonyl (C=O) groups excluding carboxylic acids is 2. The van der Waals surface area contributed by atoms with Gasteiger partial charge in [-0.05, 0) is 26.0 Å². The van der Waals surface area contributed by atoms with Crippen molar-refractivity contribution in [1.29, 1.82) is 0 Å². The predicted molar refractivity (Wildman–Crippen MR) is 85.2 cm³/mol. The zero-order chi connectivity index (χ0) is 15.1. The Balaban J connectivity index is 0.00000400. The molecule has 21 heavy (non-hydrogen) atoms. The summed E-state index contributed by atoms with van der Waals surface area (Å²) in [7, 11) is 0. The normalized spacial score (nSPS) is 9.76. The number of halogens is 2. The lowest BCUT2D eigenvalue weighted by molar-refractivity contribution is -0.123. The number of hydrogen-bond acceptors (Lipinski definition) is 4. The van der Waals surface area contributed by atoms with Crippen LogP contribution in [0.3, 0.4) is 0 Å². The molecule has 0 fully saturated rings. The van der Waals surface area contributed by atoms with E-state index in [4.69, 9.17) is 22.1 Å². The lowest BCUT2D eigenvalue weighted by atomic mass is 10.2. The number of benzene rings is 1. The van der Waals surface area contributed by atoms with Crippen LogP contribution in [0.2, 0.25) is 5.02 Å². The Labute approximate surface area is 134 Å². The highest BCUT2D eigenvalue weighted by atomic mass is 35.5. The van der Waals surface area contributed by atoms with Gasteiger partial charge in [-0.15, -0.1) is 12.4 Å². The number of nitrogens with one attached hydrogen (secondary N) is 2. The number of para-hydroxylation sites is 1. The maximum absolute atomic E-state index is 11.7. The van der Waals surface area contributed by atoms with E-state index in [2.05, 4.69) is 10.6 Å². The van der Waals surface area contributed by atoms with Gasteiger partial charge in [0.25, 0.3) is 0 Å². The summed E-state index contributed by atoms with van der Waals surface area (Å²) in [6, 6.07) is 5.04. The molecule has 1 aromatic rings. The first-order valence-corrected chi connectivity index (χ1v) is 6.53. The average molecular weight is 336 g/mol. The Kier molecular flexibility index (Phi) is 8.76. The highest BCUT2D eigenvalue weighted by Crippen LogP contribution is 2.33. The van der Waals surface area contributed by atoms with Crippen molar-refractivity contribution in [1.82, 2.24) is 5.32 Å². The van der Waals surface area contributed by atoms with E-state index in [1.165, 1.54) is 0 Å². The van der Waals surface area contributed by atoms with Crippen molar-refractivity contribution in [2.24, 2.45) is 5.73 Å². The van der Waals surface area contributed by atoms with Crippen LogP contribution in [0, 0.1) is 0 Å². The molecule has 0 radical (unpaired) electrons. The molecule has 0 saturated heterocycles. The van der Waals surface area contributed by atoms with Crippen molar-refractivity contribution in [3.8, 4) is 5.75 Å². The molecule has 8 heteroatoms. The number of anilines is 1. The van der Waals surface area contributed by atoms with Crippen molar-refractivity contribution < 1.29 is 14.3 Å². The third-order valence-electron chi connectivity index (χ3n) is 2.23. The van der Waals surface area contributed by atoms with Crippen LogP contribution >= 0.6 is 24.0 Å². The molecule has 4 N–H and O–H groups in total. The second kappa shape index (κ2) is 9.44. The number of hydrogen-bond donors (Lipinski definition) is 3. The van der Waals surface area contributed by atoms with E-state index in [0.717, 1.165) is 0 Å². The standard InChI is InChI=1S/C13H18ClN3O3.ClH/c1-8(2)20-13-9(14)4-3-5-10(13)17-12(19)7-16-11(18)6-15;/h3-5,8H,6-7,15H2,1-2H3,(H,16,18)(H,17,19);1H. The summed E-state index contributed by atoms with van der Waals surface area (Å²) in [6.45, 7) is 3.39. The van der Waals surface area contributed by atoms with Crippen LogP contribution in [0.25, 0.3) is 0 Å². The largest absolute Gasteiger partial charge is 0.487 e. The number of ether oxygens (including phenoxy) is 1. The van der Waals surface area contributed by atoms with Crippen molar-refractivity contribution >= 4 is 41.5 Å². The first-order valence-electron chi connectivity index (χ1n) is 6.15. The van der Waals surface area contributed by atoms with E-state index in [1.807, 2.05) is 13.8 Å². The SMILES string of the molecule is CC(C)Oc1c(Cl)cccc1NC(=O)CNC(=O)CN.Cl. The summed E-state index contributed by atoms with van der Waals surface area (Å²) in [6.07, 6.45) is -0.0810. The van der Waals surface area contributed by atoms with Gasteiger partial charge >= 0.3 is 0 Å². The first-order chi connectivity index (χ1) is 9.43. The van der Waals surface area contributed by atoms with Crippen LogP contribution in [0.15, 0.2) is 18.2 Å². The minimum atomic E-state index is -0.398. The number of amides is 2. The summed E-state index contributed by atoms with van der Waals surface area (Å²) in [5, 5.41) is 5.41. The Morgan fingerprint density at radius 1 is 1.33 bits per heavy atom. The van der Waals surface area contributed by atoms with Gasteiger partial charge in [0, 0.05) is 0 Å². The molecule has 0 aliphatic carbocycles. The summed E-state index contributed by atoms with van der Waals surface area (Å²) in [4.78, 5) is 22.7. The number of rotatable bonds is 6. The third kappa shape index (κ3) is 6.66. The molecule has 118 valence electrons. The molecule has 1 aromatic carbocycles. The molecule has 0 aromatic heterocycles. The maximum Gasteiger partial charge on any atom is 0.243 e. The first kappa shape index (κ1) is 19.5. The molecule has 0 aliphatic rings. The lowest BCUT2D eigenvalue weighted by Crippen LogP contribution is -2.36. The van der Waals surface area contributed by atoms with E-state index in [0.29, 0.717) is 16.5 Å². The van der Waals surface area contributed by atoms with Crippen LogP contribution in [0.5, 0.6) is 5.75 Å². The smallest absolute Gasteiger partial charge is 0.243 e. The van der Waals surface area contributed by atoms with Crippen LogP contribution in [-0.2, 0) is 9.59 Å². The fraction of sp³-hybridized carbons (Fsp3) is 0.385. The molecule has 0 bridgehead atoms. The molecule has 0 heterocycles. The quantitative estimate of drug-likeness (QED) is 0.735. The van der Waals surface area contributed by atoms with Gasteiger partial charge in [0.1, 0.15) is 0 Å². The topological polar surface area (TPSA) is 93.5 Å². The van der Waals surface area contributed by atoms with Gasteiger partial charge in [-0.25, -0.2) is 0 Å². The minimum absolute atomic E-state index is 0. The minimum Gasteiger partial charge on any atom is -0.487 e. The fourth-order valence-electron chi connectivity index (χ4n) is 1.41. The second-order valence-electron chi connectivity index (χ2n) is 4.31. The van der Waals surface area contributed by atoms with Gasteiger partial charge in [0.2, 0.25) is 11.8 Å². The van der Waals surface area contributed by atoms with Gasteiger partial charge in [-0.2, -0.15) is 0 Å². The van der Waals surface area contributed by atoms with E-state index < -0.39 is 5.91 Å². The highest BCUT2D eigenvalue weighted by Gasteiger charge is 2.13. The van der Waals surface area contributed by atoms with Crippen LogP contribution in [-0.4, -0.2) is 31.0 Å². The summed E-state index contributed by atoms with van der Waals surface area (Å²) >= 11 is 6.04. The molecule has 0 saturated carbocycles. The zero-order valence-electron chi connectivity index (χ0n) is 11.8. The Morgan fingerprint density at radius 2 is 2.00 bits per heavy atom. The van der Waals surface area contributed by atoms with Crippen molar-refractivity contribution in [2.45, 2.75) is 20.0 Å². The van der Waals surface area contributed by atoms with Crippen molar-refractivity contribution in [3.63, 3.8) is 0 Å². The van der Waals surface area contributed by atoms with Crippen molar-refractivity contribution in [3.05, 3.63) is 23.2 Å². The maximum atomic E-state index is 11.7. The molecular weight excluding hydrogens is 317 g/mol. The molecule has 1 rings (SSSR count). The Bertz CT molecular complexity index is 496. The van der Waals surface area contributed by atoms with Crippen LogP contribution < -0.4 is 21.1 Å². The fourth-order valence-corrected chi connectivity index (χ4v) is 1.63. The molecule has 0 aliphatic heterocycles. The van der Waals surface area contributed by atoms with Gasteiger partial charge in [0.15, 0.2) is 5.75 Å². The van der Waals surface area contributed by atoms with E-state index in [-0.39, 0.29) is 37.5 Å². The second-order valence-corrected chi connectivity index (χ2v) is 4.72. The zero-order valence-corrected chi connectivity index (χ0v) is 13.4. The van der Waals surface area contributed by atoms with E-state index >= 15 is 0 Å². The van der Waals surface area contributed by atoms with Gasteiger partial charge in [0.05, 0.1) is 29.9 Å². The summed E-state index contributed by atoms with van der Waals surface area (Å²) in [5.41, 5.74) is 5.59. The molecule has 0 atom stereocenters. The van der Waals surface area contributed by atoms with E-state index in [9.17, 15) is 9.59 Å².